The van der Waals surface area contributed by atoms with Crippen LogP contribution in [-0.4, -0.2) is 31.5 Å². The SMILES string of the molecule is Cn1c(Nc2c(F)cc(C#N)cc2Cl)nc2cnc(NC3CC(F)(F)C3)nc21. The first-order valence-electron chi connectivity index (χ1n) is 8.26. The number of aromatic nitrogens is 4. The highest BCUT2D eigenvalue weighted by atomic mass is 35.5. The molecule has 3 aromatic rings. The molecule has 0 unspecified atom stereocenters. The molecular weight excluding hydrogens is 395 g/mol. The number of rotatable bonds is 4. The average Bonchev–Trinajstić information content (AvgIpc) is 2.92. The van der Waals surface area contributed by atoms with Crippen molar-refractivity contribution in [2.45, 2.75) is 24.8 Å². The van der Waals surface area contributed by atoms with Crippen LogP contribution in [0.15, 0.2) is 18.3 Å². The summed E-state index contributed by atoms with van der Waals surface area (Å²) in [7, 11) is 1.65. The minimum Gasteiger partial charge on any atom is -0.351 e. The predicted molar refractivity (Wildman–Crippen MR) is 97.3 cm³/mol. The van der Waals surface area contributed by atoms with Crippen LogP contribution in [0.2, 0.25) is 5.02 Å². The van der Waals surface area contributed by atoms with E-state index in [0.29, 0.717) is 11.2 Å². The molecular formula is C17H13ClF3N7. The minimum absolute atomic E-state index is 0.0259. The van der Waals surface area contributed by atoms with Crippen molar-refractivity contribution in [2.24, 2.45) is 7.05 Å². The topological polar surface area (TPSA) is 91.5 Å². The smallest absolute Gasteiger partial charge is 0.252 e. The Morgan fingerprint density at radius 1 is 1.32 bits per heavy atom. The summed E-state index contributed by atoms with van der Waals surface area (Å²) in [6, 6.07) is 3.84. The van der Waals surface area contributed by atoms with Crippen molar-refractivity contribution in [1.82, 2.24) is 19.5 Å². The Kier molecular flexibility index (Phi) is 4.27. The number of imidazole rings is 1. The van der Waals surface area contributed by atoms with Crippen molar-refractivity contribution in [3.05, 3.63) is 34.7 Å². The predicted octanol–water partition coefficient (Wildman–Crippen LogP) is 3.98. The maximum Gasteiger partial charge on any atom is 0.252 e. The van der Waals surface area contributed by atoms with Crippen molar-refractivity contribution < 1.29 is 13.2 Å². The number of hydrogen-bond donors (Lipinski definition) is 2. The van der Waals surface area contributed by atoms with Crippen LogP contribution in [0.5, 0.6) is 0 Å². The van der Waals surface area contributed by atoms with Gasteiger partial charge in [-0.1, -0.05) is 11.6 Å². The lowest BCUT2D eigenvalue weighted by atomic mass is 9.88. The number of hydrogen-bond acceptors (Lipinski definition) is 6. The van der Waals surface area contributed by atoms with E-state index in [1.165, 1.54) is 12.3 Å². The van der Waals surface area contributed by atoms with Gasteiger partial charge < -0.3 is 10.6 Å². The van der Waals surface area contributed by atoms with E-state index in [-0.39, 0.29) is 47.1 Å². The highest BCUT2D eigenvalue weighted by Gasteiger charge is 2.45. The van der Waals surface area contributed by atoms with Crippen molar-refractivity contribution in [3.63, 3.8) is 0 Å². The zero-order valence-corrected chi connectivity index (χ0v) is 15.2. The molecule has 0 spiro atoms. The fraction of sp³-hybridized carbons (Fsp3) is 0.294. The lowest BCUT2D eigenvalue weighted by molar-refractivity contribution is -0.0794. The van der Waals surface area contributed by atoms with E-state index in [1.807, 2.05) is 6.07 Å². The number of benzene rings is 1. The summed E-state index contributed by atoms with van der Waals surface area (Å²) in [5, 5.41) is 14.6. The van der Waals surface area contributed by atoms with E-state index in [0.717, 1.165) is 6.07 Å². The summed E-state index contributed by atoms with van der Waals surface area (Å²) in [6.07, 6.45) is 0.926. The summed E-state index contributed by atoms with van der Waals surface area (Å²) in [4.78, 5) is 12.7. The molecule has 11 heteroatoms. The van der Waals surface area contributed by atoms with Gasteiger partial charge in [0.25, 0.3) is 5.92 Å². The molecule has 144 valence electrons. The van der Waals surface area contributed by atoms with E-state index in [9.17, 15) is 13.2 Å². The van der Waals surface area contributed by atoms with Crippen molar-refractivity contribution in [2.75, 3.05) is 10.6 Å². The van der Waals surface area contributed by atoms with Gasteiger partial charge >= 0.3 is 0 Å². The molecule has 1 saturated carbocycles. The molecule has 0 amide bonds. The maximum atomic E-state index is 14.3. The van der Waals surface area contributed by atoms with Crippen molar-refractivity contribution >= 4 is 40.3 Å². The van der Waals surface area contributed by atoms with Crippen LogP contribution < -0.4 is 10.6 Å². The average molecular weight is 408 g/mol. The third kappa shape index (κ3) is 3.29. The van der Waals surface area contributed by atoms with E-state index in [1.54, 1.807) is 11.6 Å². The number of nitrogens with one attached hydrogen (secondary N) is 2. The molecule has 1 aromatic carbocycles. The van der Waals surface area contributed by atoms with Gasteiger partial charge in [0.2, 0.25) is 11.9 Å². The molecule has 0 radical (unpaired) electrons. The minimum atomic E-state index is -2.64. The molecule has 2 N–H and O–H groups in total. The zero-order valence-electron chi connectivity index (χ0n) is 14.5. The second kappa shape index (κ2) is 6.53. The fourth-order valence-electron chi connectivity index (χ4n) is 2.98. The monoisotopic (exact) mass is 407 g/mol. The Labute approximate surface area is 162 Å². The van der Waals surface area contributed by atoms with Gasteiger partial charge in [0.15, 0.2) is 5.65 Å². The molecule has 0 aliphatic heterocycles. The van der Waals surface area contributed by atoms with Gasteiger partial charge in [-0.15, -0.1) is 0 Å². The lowest BCUT2D eigenvalue weighted by Gasteiger charge is -2.35. The Balaban J connectivity index is 1.61. The molecule has 1 fully saturated rings. The van der Waals surface area contributed by atoms with E-state index in [4.69, 9.17) is 16.9 Å². The summed E-state index contributed by atoms with van der Waals surface area (Å²) < 4.78 is 41.8. The summed E-state index contributed by atoms with van der Waals surface area (Å²) in [5.41, 5.74) is 0.930. The third-order valence-electron chi connectivity index (χ3n) is 4.44. The first kappa shape index (κ1) is 18.3. The second-order valence-electron chi connectivity index (χ2n) is 6.55. The number of fused-ring (bicyclic) bond motifs is 1. The number of nitriles is 1. The normalized spacial score (nSPS) is 15.9. The van der Waals surface area contributed by atoms with Crippen LogP contribution in [0.1, 0.15) is 18.4 Å². The fourth-order valence-corrected chi connectivity index (χ4v) is 3.23. The van der Waals surface area contributed by atoms with Gasteiger partial charge in [0, 0.05) is 25.9 Å². The van der Waals surface area contributed by atoms with Crippen LogP contribution in [0.4, 0.5) is 30.8 Å². The quantitative estimate of drug-likeness (QED) is 0.679. The molecule has 0 saturated heterocycles. The van der Waals surface area contributed by atoms with E-state index in [2.05, 4.69) is 25.6 Å². The van der Waals surface area contributed by atoms with Crippen LogP contribution >= 0.6 is 11.6 Å². The van der Waals surface area contributed by atoms with Crippen molar-refractivity contribution in [1.29, 1.82) is 5.26 Å². The molecule has 28 heavy (non-hydrogen) atoms. The highest BCUT2D eigenvalue weighted by Crippen LogP contribution is 2.38. The molecule has 0 bridgehead atoms. The van der Waals surface area contributed by atoms with Crippen LogP contribution in [0.25, 0.3) is 11.2 Å². The van der Waals surface area contributed by atoms with E-state index < -0.39 is 11.7 Å². The van der Waals surface area contributed by atoms with Gasteiger partial charge in [0.05, 0.1) is 28.5 Å². The van der Waals surface area contributed by atoms with E-state index >= 15 is 0 Å². The second-order valence-corrected chi connectivity index (χ2v) is 6.96. The van der Waals surface area contributed by atoms with Crippen LogP contribution in [0, 0.1) is 17.1 Å². The molecule has 1 aliphatic carbocycles. The zero-order chi connectivity index (χ0) is 20.1. The molecule has 2 aromatic heterocycles. The number of nitrogens with zero attached hydrogens (tertiary/aromatic N) is 5. The summed E-state index contributed by atoms with van der Waals surface area (Å²) in [5.74, 6) is -2.88. The molecule has 7 nitrogen and oxygen atoms in total. The number of aryl methyl sites for hydroxylation is 1. The first-order chi connectivity index (χ1) is 13.3. The first-order valence-corrected chi connectivity index (χ1v) is 8.63. The highest BCUT2D eigenvalue weighted by molar-refractivity contribution is 6.33. The molecule has 1 aliphatic rings. The van der Waals surface area contributed by atoms with Crippen LogP contribution in [-0.2, 0) is 7.05 Å². The van der Waals surface area contributed by atoms with Gasteiger partial charge in [-0.3, -0.25) is 4.57 Å². The Morgan fingerprint density at radius 3 is 2.71 bits per heavy atom. The summed E-state index contributed by atoms with van der Waals surface area (Å²) in [6.45, 7) is 0. The van der Waals surface area contributed by atoms with Crippen LogP contribution in [0.3, 0.4) is 0 Å². The Hall–Kier alpha value is -3.06. The van der Waals surface area contributed by atoms with Gasteiger partial charge in [0.1, 0.15) is 11.3 Å². The largest absolute Gasteiger partial charge is 0.351 e. The number of halogens is 4. The molecule has 4 rings (SSSR count). The number of alkyl halides is 2. The molecule has 2 heterocycles. The van der Waals surface area contributed by atoms with Gasteiger partial charge in [-0.25, -0.2) is 23.1 Å². The Bertz CT molecular complexity index is 1090. The lowest BCUT2D eigenvalue weighted by Crippen LogP contribution is -2.44. The Morgan fingerprint density at radius 2 is 2.07 bits per heavy atom. The maximum absolute atomic E-state index is 14.3. The van der Waals surface area contributed by atoms with Crippen molar-refractivity contribution in [3.8, 4) is 6.07 Å². The summed E-state index contributed by atoms with van der Waals surface area (Å²) >= 11 is 6.05. The van der Waals surface area contributed by atoms with Gasteiger partial charge in [-0.2, -0.15) is 10.2 Å². The molecule has 0 atom stereocenters. The third-order valence-corrected chi connectivity index (χ3v) is 4.74. The van der Waals surface area contributed by atoms with Gasteiger partial charge in [-0.05, 0) is 12.1 Å². The standard InChI is InChI=1S/C17H13ClF3N7/c1-28-14-12(7-23-15(27-14)24-9-4-17(20,21)5-9)25-16(28)26-13-10(18)2-8(6-22)3-11(13)19/h2-3,7,9H,4-5H2,1H3,(H,25,26)(H,23,24,27). The number of anilines is 3.